The molecular formula is C18H29NO. The van der Waals surface area contributed by atoms with Gasteiger partial charge in [-0.05, 0) is 57.2 Å². The lowest BCUT2D eigenvalue weighted by atomic mass is 9.86. The van der Waals surface area contributed by atoms with Crippen LogP contribution >= 0.6 is 0 Å². The average Bonchev–Trinajstić information content (AvgIpc) is 2.38. The van der Waals surface area contributed by atoms with Crippen molar-refractivity contribution < 1.29 is 5.11 Å². The number of piperidine rings is 1. The third kappa shape index (κ3) is 4.07. The second-order valence-electron chi connectivity index (χ2n) is 6.82. The minimum Gasteiger partial charge on any atom is -0.387 e. The average molecular weight is 275 g/mol. The predicted octanol–water partition coefficient (Wildman–Crippen LogP) is 3.70. The van der Waals surface area contributed by atoms with Crippen LogP contribution in [0.5, 0.6) is 0 Å². The number of β-amino-alcohol motifs (C(OH)–C–C–N with tert-alkyl or cyclic N) is 1. The number of rotatable bonds is 4. The zero-order valence-corrected chi connectivity index (χ0v) is 13.4. The van der Waals surface area contributed by atoms with E-state index in [-0.39, 0.29) is 6.10 Å². The van der Waals surface area contributed by atoms with E-state index in [9.17, 15) is 5.11 Å². The third-order valence-electron chi connectivity index (χ3n) is 4.63. The molecule has 2 nitrogen and oxygen atoms in total. The molecule has 1 aromatic carbocycles. The Morgan fingerprint density at radius 3 is 2.15 bits per heavy atom. The molecule has 0 radical (unpaired) electrons. The first-order valence-corrected chi connectivity index (χ1v) is 7.94. The van der Waals surface area contributed by atoms with E-state index in [1.165, 1.54) is 24.0 Å². The van der Waals surface area contributed by atoms with Crippen LogP contribution in [0.25, 0.3) is 0 Å². The number of hydrogen-bond acceptors (Lipinski definition) is 2. The van der Waals surface area contributed by atoms with E-state index in [4.69, 9.17) is 0 Å². The highest BCUT2D eigenvalue weighted by molar-refractivity contribution is 5.30. The maximum atomic E-state index is 10.5. The third-order valence-corrected chi connectivity index (χ3v) is 4.63. The van der Waals surface area contributed by atoms with E-state index in [0.717, 1.165) is 37.0 Å². The van der Waals surface area contributed by atoms with Crippen molar-refractivity contribution in [2.75, 3.05) is 19.6 Å². The number of aliphatic hydroxyl groups is 1. The summed E-state index contributed by atoms with van der Waals surface area (Å²) in [5.41, 5.74) is 3.53. The van der Waals surface area contributed by atoms with E-state index < -0.39 is 0 Å². The largest absolute Gasteiger partial charge is 0.387 e. The topological polar surface area (TPSA) is 23.5 Å². The van der Waals surface area contributed by atoms with Crippen molar-refractivity contribution >= 4 is 0 Å². The summed E-state index contributed by atoms with van der Waals surface area (Å²) in [6.45, 7) is 11.9. The Hall–Kier alpha value is -0.860. The lowest BCUT2D eigenvalue weighted by Crippen LogP contribution is -2.37. The van der Waals surface area contributed by atoms with Crippen molar-refractivity contribution in [2.24, 2.45) is 11.8 Å². The number of aryl methyl sites for hydroxylation is 2. The minimum atomic E-state index is -0.357. The molecule has 1 atom stereocenters. The van der Waals surface area contributed by atoms with Crippen LogP contribution in [0.3, 0.4) is 0 Å². The summed E-state index contributed by atoms with van der Waals surface area (Å²) in [5, 5.41) is 10.5. The molecule has 0 bridgehead atoms. The SMILES string of the molecule is Cc1cc(C)cc(C(O)CN2CCC(C(C)C)CC2)c1. The molecule has 0 aromatic heterocycles. The molecule has 1 unspecified atom stereocenters. The van der Waals surface area contributed by atoms with Gasteiger partial charge in [0.25, 0.3) is 0 Å². The smallest absolute Gasteiger partial charge is 0.0917 e. The minimum absolute atomic E-state index is 0.357. The highest BCUT2D eigenvalue weighted by Crippen LogP contribution is 2.26. The van der Waals surface area contributed by atoms with E-state index in [1.54, 1.807) is 0 Å². The molecular weight excluding hydrogens is 246 g/mol. The van der Waals surface area contributed by atoms with E-state index in [1.807, 2.05) is 0 Å². The van der Waals surface area contributed by atoms with Gasteiger partial charge in [0.1, 0.15) is 0 Å². The van der Waals surface area contributed by atoms with Gasteiger partial charge in [-0.25, -0.2) is 0 Å². The second kappa shape index (κ2) is 6.73. The molecule has 20 heavy (non-hydrogen) atoms. The number of benzene rings is 1. The molecule has 1 aliphatic heterocycles. The van der Waals surface area contributed by atoms with Crippen LogP contribution in [0.2, 0.25) is 0 Å². The van der Waals surface area contributed by atoms with Gasteiger partial charge in [-0.3, -0.25) is 0 Å². The van der Waals surface area contributed by atoms with Crippen LogP contribution < -0.4 is 0 Å². The standard InChI is InChI=1S/C18H29NO/c1-13(2)16-5-7-19(8-6-16)12-18(20)17-10-14(3)9-15(4)11-17/h9-11,13,16,18,20H,5-8,12H2,1-4H3. The fourth-order valence-corrected chi connectivity index (χ4v) is 3.35. The lowest BCUT2D eigenvalue weighted by Gasteiger charge is -2.35. The zero-order valence-electron chi connectivity index (χ0n) is 13.4. The maximum Gasteiger partial charge on any atom is 0.0917 e. The van der Waals surface area contributed by atoms with Crippen molar-refractivity contribution in [2.45, 2.75) is 46.6 Å². The quantitative estimate of drug-likeness (QED) is 0.905. The lowest BCUT2D eigenvalue weighted by molar-refractivity contribution is 0.0818. The molecule has 2 heteroatoms. The summed E-state index contributed by atoms with van der Waals surface area (Å²) in [6.07, 6.45) is 2.19. The number of aliphatic hydroxyl groups excluding tert-OH is 1. The first kappa shape index (κ1) is 15.5. The zero-order chi connectivity index (χ0) is 14.7. The van der Waals surface area contributed by atoms with Crippen LogP contribution in [0.15, 0.2) is 18.2 Å². The Morgan fingerprint density at radius 2 is 1.65 bits per heavy atom. The molecule has 0 amide bonds. The summed E-state index contributed by atoms with van der Waals surface area (Å²) in [5.74, 6) is 1.66. The van der Waals surface area contributed by atoms with Crippen LogP contribution in [0.4, 0.5) is 0 Å². The van der Waals surface area contributed by atoms with Gasteiger partial charge in [0.2, 0.25) is 0 Å². The predicted molar refractivity (Wildman–Crippen MR) is 84.9 cm³/mol. The molecule has 1 aromatic rings. The van der Waals surface area contributed by atoms with Crippen molar-refractivity contribution in [1.82, 2.24) is 4.90 Å². The Morgan fingerprint density at radius 1 is 1.10 bits per heavy atom. The highest BCUT2D eigenvalue weighted by atomic mass is 16.3. The fraction of sp³-hybridized carbons (Fsp3) is 0.667. The van der Waals surface area contributed by atoms with Crippen molar-refractivity contribution in [3.05, 3.63) is 34.9 Å². The van der Waals surface area contributed by atoms with Gasteiger partial charge < -0.3 is 10.0 Å². The van der Waals surface area contributed by atoms with Crippen molar-refractivity contribution in [3.8, 4) is 0 Å². The summed E-state index contributed by atoms with van der Waals surface area (Å²) in [7, 11) is 0. The first-order chi connectivity index (χ1) is 9.45. The van der Waals surface area contributed by atoms with Crippen LogP contribution in [0, 0.1) is 25.7 Å². The van der Waals surface area contributed by atoms with E-state index >= 15 is 0 Å². The number of likely N-dealkylation sites (tertiary alicyclic amines) is 1. The molecule has 1 heterocycles. The molecule has 0 aliphatic carbocycles. The maximum absolute atomic E-state index is 10.5. The molecule has 1 saturated heterocycles. The molecule has 0 saturated carbocycles. The van der Waals surface area contributed by atoms with Gasteiger partial charge in [-0.1, -0.05) is 43.2 Å². The van der Waals surface area contributed by atoms with Crippen LogP contribution in [0.1, 0.15) is 49.5 Å². The van der Waals surface area contributed by atoms with Gasteiger partial charge in [-0.15, -0.1) is 0 Å². The van der Waals surface area contributed by atoms with Crippen molar-refractivity contribution in [1.29, 1.82) is 0 Å². The Labute approximate surface area is 123 Å². The van der Waals surface area contributed by atoms with Gasteiger partial charge in [0, 0.05) is 6.54 Å². The molecule has 112 valence electrons. The fourth-order valence-electron chi connectivity index (χ4n) is 3.35. The van der Waals surface area contributed by atoms with E-state index in [2.05, 4.69) is 50.8 Å². The summed E-state index contributed by atoms with van der Waals surface area (Å²) in [4.78, 5) is 2.42. The summed E-state index contributed by atoms with van der Waals surface area (Å²) < 4.78 is 0. The summed E-state index contributed by atoms with van der Waals surface area (Å²) >= 11 is 0. The molecule has 0 spiro atoms. The number of hydrogen-bond donors (Lipinski definition) is 1. The summed E-state index contributed by atoms with van der Waals surface area (Å²) in [6, 6.07) is 6.38. The van der Waals surface area contributed by atoms with Crippen LogP contribution in [-0.2, 0) is 0 Å². The molecule has 1 aliphatic rings. The highest BCUT2D eigenvalue weighted by Gasteiger charge is 2.23. The number of nitrogens with zero attached hydrogens (tertiary/aromatic N) is 1. The van der Waals surface area contributed by atoms with Crippen molar-refractivity contribution in [3.63, 3.8) is 0 Å². The molecule has 1 N–H and O–H groups in total. The van der Waals surface area contributed by atoms with Gasteiger partial charge in [-0.2, -0.15) is 0 Å². The second-order valence-corrected chi connectivity index (χ2v) is 6.82. The van der Waals surface area contributed by atoms with E-state index in [0.29, 0.717) is 0 Å². The Kier molecular flexibility index (Phi) is 5.22. The van der Waals surface area contributed by atoms with Gasteiger partial charge in [0.05, 0.1) is 6.10 Å². The normalized spacial score (nSPS) is 19.5. The van der Waals surface area contributed by atoms with Gasteiger partial charge >= 0.3 is 0 Å². The Bertz CT molecular complexity index is 413. The first-order valence-electron chi connectivity index (χ1n) is 7.94. The molecule has 1 fully saturated rings. The molecule has 2 rings (SSSR count). The monoisotopic (exact) mass is 275 g/mol. The van der Waals surface area contributed by atoms with Crippen LogP contribution in [-0.4, -0.2) is 29.6 Å². The van der Waals surface area contributed by atoms with Gasteiger partial charge in [0.15, 0.2) is 0 Å². The Balaban J connectivity index is 1.90.